The Kier molecular flexibility index (Phi) is 17.7. The third-order valence-corrected chi connectivity index (χ3v) is 5.79. The minimum atomic E-state index is -1.70. The molecule has 0 aromatic carbocycles. The van der Waals surface area contributed by atoms with Crippen LogP contribution in [-0.2, 0) is 38.4 Å². The molecule has 0 aliphatic carbocycles. The van der Waals surface area contributed by atoms with Crippen LogP contribution in [0.5, 0.6) is 0 Å². The van der Waals surface area contributed by atoms with Crippen molar-refractivity contribution in [2.45, 2.75) is 75.3 Å². The standard InChI is InChI=1S/C23H42N10O10/c1-10(18(28)38)29-23(43)15(9-35)33-22(42)14(7-17(27)37)32-20(40)12(4-2-3-5-24)30-21(41)13(6-16(26)36)31-19(39)11(25)8-34/h10-15,34-35H,2-9,24-25H2,1H3,(H2,26,36)(H2,27,37)(H2,28,38)(H,29,43)(H,30,41)(H,31,39)(H,32,40)(H,33,42)/t10-,11-,12-,13-,14-,15-/m0/s1. The first kappa shape index (κ1) is 38.6. The van der Waals surface area contributed by atoms with Gasteiger partial charge in [-0.05, 0) is 32.7 Å². The number of nitrogens with two attached hydrogens (primary N) is 5. The molecule has 0 saturated carbocycles. The molecule has 20 heteroatoms. The van der Waals surface area contributed by atoms with Gasteiger partial charge in [0.1, 0.15) is 36.3 Å². The zero-order chi connectivity index (χ0) is 33.3. The number of nitrogens with one attached hydrogen (secondary N) is 5. The largest absolute Gasteiger partial charge is 0.394 e. The summed E-state index contributed by atoms with van der Waals surface area (Å²) in [4.78, 5) is 97.9. The zero-order valence-corrected chi connectivity index (χ0v) is 23.7. The van der Waals surface area contributed by atoms with Crippen LogP contribution in [0.4, 0.5) is 0 Å². The minimum Gasteiger partial charge on any atom is -0.394 e. The summed E-state index contributed by atoms with van der Waals surface area (Å²) in [7, 11) is 0. The third kappa shape index (κ3) is 14.9. The molecule has 244 valence electrons. The Hall–Kier alpha value is -4.40. The number of aliphatic hydroxyl groups excluding tert-OH is 2. The summed E-state index contributed by atoms with van der Waals surface area (Å²) in [6, 6.07) is -8.90. The zero-order valence-electron chi connectivity index (χ0n) is 23.7. The molecule has 0 radical (unpaired) electrons. The van der Waals surface area contributed by atoms with E-state index in [2.05, 4.69) is 26.6 Å². The summed E-state index contributed by atoms with van der Waals surface area (Å²) in [5.74, 6) is -8.09. The second kappa shape index (κ2) is 19.7. The fraction of sp³-hybridized carbons (Fsp3) is 0.652. The fourth-order valence-electron chi connectivity index (χ4n) is 3.34. The second-order valence-corrected chi connectivity index (χ2v) is 9.47. The molecule has 0 fully saturated rings. The highest BCUT2D eigenvalue weighted by atomic mass is 16.3. The first-order valence-electron chi connectivity index (χ1n) is 13.1. The minimum absolute atomic E-state index is 0.0558. The molecular weight excluding hydrogens is 576 g/mol. The molecule has 0 aromatic heterocycles. The quantitative estimate of drug-likeness (QED) is 0.0533. The molecule has 8 amide bonds. The van der Waals surface area contributed by atoms with Gasteiger partial charge >= 0.3 is 0 Å². The molecule has 0 bridgehead atoms. The van der Waals surface area contributed by atoms with Gasteiger partial charge in [0.2, 0.25) is 47.3 Å². The summed E-state index contributed by atoms with van der Waals surface area (Å²) >= 11 is 0. The smallest absolute Gasteiger partial charge is 0.245 e. The number of aliphatic hydroxyl groups is 2. The lowest BCUT2D eigenvalue weighted by Crippen LogP contribution is -2.60. The first-order valence-corrected chi connectivity index (χ1v) is 13.1. The number of hydrogen-bond donors (Lipinski definition) is 12. The molecule has 17 N–H and O–H groups in total. The van der Waals surface area contributed by atoms with Crippen LogP contribution in [0.1, 0.15) is 39.0 Å². The SMILES string of the molecule is C[C@H](NC(=O)[C@H](CO)NC(=O)[C@H](CC(N)=O)NC(=O)[C@H](CCCCN)NC(=O)[C@H](CC(N)=O)NC(=O)[C@@H](N)CO)C(N)=O. The van der Waals surface area contributed by atoms with Crippen LogP contribution >= 0.6 is 0 Å². The van der Waals surface area contributed by atoms with Gasteiger partial charge in [-0.25, -0.2) is 0 Å². The summed E-state index contributed by atoms with van der Waals surface area (Å²) in [6.07, 6.45) is -0.820. The predicted molar refractivity (Wildman–Crippen MR) is 147 cm³/mol. The maximum Gasteiger partial charge on any atom is 0.245 e. The topological polar surface area (TPSA) is 367 Å². The van der Waals surface area contributed by atoms with Gasteiger partial charge in [-0.15, -0.1) is 0 Å². The van der Waals surface area contributed by atoms with E-state index in [0.29, 0.717) is 6.42 Å². The van der Waals surface area contributed by atoms with Gasteiger partial charge in [-0.3, -0.25) is 38.4 Å². The van der Waals surface area contributed by atoms with E-state index in [9.17, 15) is 43.5 Å². The average Bonchev–Trinajstić information content (AvgIpc) is 2.93. The molecule has 0 aromatic rings. The van der Waals surface area contributed by atoms with E-state index in [1.165, 1.54) is 6.92 Å². The number of primary amides is 3. The van der Waals surface area contributed by atoms with Crippen molar-refractivity contribution in [1.29, 1.82) is 0 Å². The predicted octanol–water partition coefficient (Wildman–Crippen LogP) is -7.89. The van der Waals surface area contributed by atoms with Gasteiger partial charge in [0, 0.05) is 0 Å². The number of carbonyl (C=O) groups is 8. The summed E-state index contributed by atoms with van der Waals surface area (Å²) < 4.78 is 0. The molecule has 43 heavy (non-hydrogen) atoms. The molecule has 0 unspecified atom stereocenters. The van der Waals surface area contributed by atoms with Gasteiger partial charge in [0.05, 0.1) is 26.1 Å². The lowest BCUT2D eigenvalue weighted by Gasteiger charge is -2.26. The van der Waals surface area contributed by atoms with Crippen LogP contribution < -0.4 is 55.3 Å². The van der Waals surface area contributed by atoms with Crippen LogP contribution in [-0.4, -0.2) is 113 Å². The van der Waals surface area contributed by atoms with Gasteiger partial charge in [-0.1, -0.05) is 0 Å². The van der Waals surface area contributed by atoms with Crippen molar-refractivity contribution in [3.05, 3.63) is 0 Å². The molecule has 0 heterocycles. The number of amides is 8. The Morgan fingerprint density at radius 1 is 0.605 bits per heavy atom. The van der Waals surface area contributed by atoms with Crippen molar-refractivity contribution in [3.8, 4) is 0 Å². The van der Waals surface area contributed by atoms with E-state index in [4.69, 9.17) is 33.8 Å². The monoisotopic (exact) mass is 618 g/mol. The molecule has 0 saturated heterocycles. The molecular formula is C23H42N10O10. The van der Waals surface area contributed by atoms with Crippen LogP contribution in [0.2, 0.25) is 0 Å². The van der Waals surface area contributed by atoms with E-state index in [0.717, 1.165) is 0 Å². The van der Waals surface area contributed by atoms with Crippen LogP contribution in [0.25, 0.3) is 0 Å². The highest BCUT2D eigenvalue weighted by Crippen LogP contribution is 2.05. The Morgan fingerprint density at radius 3 is 1.44 bits per heavy atom. The van der Waals surface area contributed by atoms with Crippen molar-refractivity contribution >= 4 is 47.3 Å². The third-order valence-electron chi connectivity index (χ3n) is 5.79. The van der Waals surface area contributed by atoms with Crippen molar-refractivity contribution in [2.24, 2.45) is 28.7 Å². The Bertz CT molecular complexity index is 1030. The van der Waals surface area contributed by atoms with Crippen LogP contribution in [0, 0.1) is 0 Å². The highest BCUT2D eigenvalue weighted by Gasteiger charge is 2.33. The lowest BCUT2D eigenvalue weighted by molar-refractivity contribution is -0.136. The average molecular weight is 619 g/mol. The first-order chi connectivity index (χ1) is 20.1. The Balaban J connectivity index is 5.92. The van der Waals surface area contributed by atoms with Gasteiger partial charge in [0.25, 0.3) is 0 Å². The Labute approximate surface area is 246 Å². The fourth-order valence-corrected chi connectivity index (χ4v) is 3.34. The summed E-state index contributed by atoms with van der Waals surface area (Å²) in [5, 5.41) is 29.6. The van der Waals surface area contributed by atoms with E-state index in [-0.39, 0.29) is 19.4 Å². The molecule has 0 spiro atoms. The van der Waals surface area contributed by atoms with Gasteiger partial charge in [-0.2, -0.15) is 0 Å². The molecule has 0 aliphatic heterocycles. The van der Waals surface area contributed by atoms with E-state index in [1.54, 1.807) is 0 Å². The van der Waals surface area contributed by atoms with Crippen molar-refractivity contribution < 1.29 is 48.6 Å². The number of rotatable bonds is 21. The number of carbonyl (C=O) groups excluding carboxylic acids is 8. The number of hydrogen-bond acceptors (Lipinski definition) is 12. The van der Waals surface area contributed by atoms with Gasteiger partial charge < -0.3 is 65.5 Å². The Morgan fingerprint density at radius 2 is 1.02 bits per heavy atom. The maximum atomic E-state index is 13.2. The molecule has 0 aliphatic rings. The van der Waals surface area contributed by atoms with E-state index >= 15 is 0 Å². The summed E-state index contributed by atoms with van der Waals surface area (Å²) in [5.41, 5.74) is 26.4. The number of unbranched alkanes of at least 4 members (excludes halogenated alkanes) is 1. The molecule has 6 atom stereocenters. The second-order valence-electron chi connectivity index (χ2n) is 9.47. The molecule has 0 rings (SSSR count). The van der Waals surface area contributed by atoms with Crippen LogP contribution in [0.3, 0.4) is 0 Å². The normalized spacial score (nSPS) is 14.9. The van der Waals surface area contributed by atoms with Gasteiger partial charge in [0.15, 0.2) is 0 Å². The maximum absolute atomic E-state index is 13.2. The van der Waals surface area contributed by atoms with E-state index < -0.39 is 110 Å². The van der Waals surface area contributed by atoms with Crippen molar-refractivity contribution in [3.63, 3.8) is 0 Å². The summed E-state index contributed by atoms with van der Waals surface area (Å²) in [6.45, 7) is -0.225. The van der Waals surface area contributed by atoms with Crippen LogP contribution in [0.15, 0.2) is 0 Å². The van der Waals surface area contributed by atoms with Crippen molar-refractivity contribution in [1.82, 2.24) is 26.6 Å². The highest BCUT2D eigenvalue weighted by molar-refractivity contribution is 5.98. The lowest BCUT2D eigenvalue weighted by atomic mass is 10.1. The van der Waals surface area contributed by atoms with Crippen molar-refractivity contribution in [2.75, 3.05) is 19.8 Å². The van der Waals surface area contributed by atoms with E-state index in [1.807, 2.05) is 0 Å². The molecule has 20 nitrogen and oxygen atoms in total.